The molecule has 0 aliphatic rings. The molecule has 3 heterocycles. The highest BCUT2D eigenvalue weighted by Gasteiger charge is 2.05. The van der Waals surface area contributed by atoms with Crippen LogP contribution in [0.2, 0.25) is 0 Å². The number of benzene rings is 1. The SMILES string of the molecule is Cc1ncccc1Oc1ccc(NCc2c[nH]c3ccccc23)cn1. The van der Waals surface area contributed by atoms with Crippen molar-refractivity contribution in [2.24, 2.45) is 0 Å². The molecule has 5 nitrogen and oxygen atoms in total. The molecule has 5 heteroatoms. The van der Waals surface area contributed by atoms with Gasteiger partial charge in [-0.15, -0.1) is 0 Å². The van der Waals surface area contributed by atoms with Crippen LogP contribution in [0.1, 0.15) is 11.3 Å². The van der Waals surface area contributed by atoms with E-state index >= 15 is 0 Å². The van der Waals surface area contributed by atoms with Crippen molar-refractivity contribution < 1.29 is 4.74 Å². The average Bonchev–Trinajstić information content (AvgIpc) is 3.06. The number of aryl methyl sites for hydroxylation is 1. The van der Waals surface area contributed by atoms with E-state index in [1.54, 1.807) is 12.4 Å². The van der Waals surface area contributed by atoms with Crippen molar-refractivity contribution in [2.75, 3.05) is 5.32 Å². The lowest BCUT2D eigenvalue weighted by Gasteiger charge is -2.08. The number of nitrogens with one attached hydrogen (secondary N) is 2. The van der Waals surface area contributed by atoms with Crippen LogP contribution in [0.3, 0.4) is 0 Å². The maximum Gasteiger partial charge on any atom is 0.219 e. The predicted octanol–water partition coefficient (Wildman–Crippen LogP) is 4.67. The Kier molecular flexibility index (Phi) is 4.04. The summed E-state index contributed by atoms with van der Waals surface area (Å²) in [5.41, 5.74) is 4.15. The number of pyridine rings is 2. The fourth-order valence-electron chi connectivity index (χ4n) is 2.71. The standard InChI is InChI=1S/C20H18N4O/c1-14-19(7-4-10-21-14)25-20-9-8-16(13-24-20)22-11-15-12-23-18-6-3-2-5-17(15)18/h2-10,12-13,22-23H,11H2,1H3. The van der Waals surface area contributed by atoms with Gasteiger partial charge in [-0.1, -0.05) is 18.2 Å². The Labute approximate surface area is 145 Å². The highest BCUT2D eigenvalue weighted by atomic mass is 16.5. The van der Waals surface area contributed by atoms with Crippen LogP contribution in [0.15, 0.2) is 67.1 Å². The van der Waals surface area contributed by atoms with E-state index in [9.17, 15) is 0 Å². The van der Waals surface area contributed by atoms with Crippen molar-refractivity contribution in [3.8, 4) is 11.6 Å². The molecule has 1 aromatic carbocycles. The predicted molar refractivity (Wildman–Crippen MR) is 98.9 cm³/mol. The van der Waals surface area contributed by atoms with E-state index in [0.29, 0.717) is 5.88 Å². The van der Waals surface area contributed by atoms with E-state index in [1.165, 1.54) is 10.9 Å². The van der Waals surface area contributed by atoms with Crippen LogP contribution in [0.25, 0.3) is 10.9 Å². The molecule has 0 amide bonds. The summed E-state index contributed by atoms with van der Waals surface area (Å²) >= 11 is 0. The molecule has 0 bridgehead atoms. The maximum atomic E-state index is 5.77. The number of fused-ring (bicyclic) bond motifs is 1. The summed E-state index contributed by atoms with van der Waals surface area (Å²) in [6, 6.07) is 15.8. The molecule has 0 aliphatic carbocycles. The van der Waals surface area contributed by atoms with E-state index < -0.39 is 0 Å². The summed E-state index contributed by atoms with van der Waals surface area (Å²) in [5.74, 6) is 1.27. The van der Waals surface area contributed by atoms with Gasteiger partial charge in [0.25, 0.3) is 0 Å². The molecule has 0 spiro atoms. The van der Waals surface area contributed by atoms with Gasteiger partial charge >= 0.3 is 0 Å². The number of aromatic nitrogens is 3. The molecule has 4 aromatic rings. The van der Waals surface area contributed by atoms with Gasteiger partial charge in [0.1, 0.15) is 0 Å². The Bertz CT molecular complexity index is 992. The normalized spacial score (nSPS) is 10.8. The van der Waals surface area contributed by atoms with Gasteiger partial charge < -0.3 is 15.0 Å². The molecule has 25 heavy (non-hydrogen) atoms. The van der Waals surface area contributed by atoms with Crippen LogP contribution in [-0.4, -0.2) is 15.0 Å². The molecule has 0 radical (unpaired) electrons. The number of H-pyrrole nitrogens is 1. The quantitative estimate of drug-likeness (QED) is 0.558. The maximum absolute atomic E-state index is 5.77. The second kappa shape index (κ2) is 6.65. The Morgan fingerprint density at radius 3 is 2.80 bits per heavy atom. The minimum Gasteiger partial charge on any atom is -0.437 e. The molecule has 0 saturated carbocycles. The molecule has 124 valence electrons. The van der Waals surface area contributed by atoms with Crippen LogP contribution in [0.5, 0.6) is 11.6 Å². The van der Waals surface area contributed by atoms with Gasteiger partial charge in [0.15, 0.2) is 5.75 Å². The molecule has 0 unspecified atom stereocenters. The summed E-state index contributed by atoms with van der Waals surface area (Å²) in [4.78, 5) is 11.8. The molecule has 0 atom stereocenters. The van der Waals surface area contributed by atoms with E-state index in [1.807, 2.05) is 49.5 Å². The molecule has 0 saturated heterocycles. The van der Waals surface area contributed by atoms with E-state index in [-0.39, 0.29) is 0 Å². The number of rotatable bonds is 5. The molecular formula is C20H18N4O. The largest absolute Gasteiger partial charge is 0.437 e. The molecule has 3 aromatic heterocycles. The van der Waals surface area contributed by atoms with Crippen molar-refractivity contribution in [2.45, 2.75) is 13.5 Å². The van der Waals surface area contributed by atoms with Gasteiger partial charge in [-0.05, 0) is 36.8 Å². The highest BCUT2D eigenvalue weighted by Crippen LogP contribution is 2.23. The first-order valence-corrected chi connectivity index (χ1v) is 8.14. The summed E-state index contributed by atoms with van der Waals surface area (Å²) < 4.78 is 5.77. The van der Waals surface area contributed by atoms with E-state index in [4.69, 9.17) is 4.74 Å². The zero-order valence-electron chi connectivity index (χ0n) is 13.9. The van der Waals surface area contributed by atoms with Gasteiger partial charge in [0, 0.05) is 35.9 Å². The Hall–Kier alpha value is -3.34. The van der Waals surface area contributed by atoms with Crippen molar-refractivity contribution >= 4 is 16.6 Å². The minimum absolute atomic E-state index is 0.550. The number of nitrogens with zero attached hydrogens (tertiary/aromatic N) is 2. The van der Waals surface area contributed by atoms with Crippen molar-refractivity contribution in [3.05, 3.63) is 78.4 Å². The molecular weight excluding hydrogens is 312 g/mol. The number of para-hydroxylation sites is 1. The highest BCUT2D eigenvalue weighted by molar-refractivity contribution is 5.83. The Morgan fingerprint density at radius 2 is 1.96 bits per heavy atom. The first kappa shape index (κ1) is 15.2. The molecule has 0 fully saturated rings. The lowest BCUT2D eigenvalue weighted by molar-refractivity contribution is 0.457. The first-order valence-electron chi connectivity index (χ1n) is 8.14. The first-order chi connectivity index (χ1) is 12.3. The number of anilines is 1. The van der Waals surface area contributed by atoms with Crippen LogP contribution >= 0.6 is 0 Å². The monoisotopic (exact) mass is 330 g/mol. The van der Waals surface area contributed by atoms with Crippen LogP contribution in [-0.2, 0) is 6.54 Å². The van der Waals surface area contributed by atoms with Gasteiger partial charge in [-0.25, -0.2) is 4.98 Å². The number of aromatic amines is 1. The van der Waals surface area contributed by atoms with E-state index in [2.05, 4.69) is 32.4 Å². The second-order valence-corrected chi connectivity index (χ2v) is 5.79. The average molecular weight is 330 g/mol. The van der Waals surface area contributed by atoms with Crippen LogP contribution in [0, 0.1) is 6.92 Å². The zero-order chi connectivity index (χ0) is 17.1. The summed E-state index contributed by atoms with van der Waals surface area (Å²) in [5, 5.41) is 4.62. The summed E-state index contributed by atoms with van der Waals surface area (Å²) in [6.45, 7) is 2.64. The smallest absolute Gasteiger partial charge is 0.219 e. The summed E-state index contributed by atoms with van der Waals surface area (Å²) in [6.07, 6.45) is 5.55. The lowest BCUT2D eigenvalue weighted by atomic mass is 10.2. The Morgan fingerprint density at radius 1 is 1.04 bits per heavy atom. The fourth-order valence-corrected chi connectivity index (χ4v) is 2.71. The van der Waals surface area contributed by atoms with E-state index in [0.717, 1.165) is 29.2 Å². The van der Waals surface area contributed by atoms with Crippen molar-refractivity contribution in [1.82, 2.24) is 15.0 Å². The fraction of sp³-hybridized carbons (Fsp3) is 0.100. The lowest BCUT2D eigenvalue weighted by Crippen LogP contribution is -1.99. The third-order valence-corrected chi connectivity index (χ3v) is 4.07. The van der Waals surface area contributed by atoms with Gasteiger partial charge in [0.05, 0.1) is 17.6 Å². The molecule has 2 N–H and O–H groups in total. The van der Waals surface area contributed by atoms with Crippen LogP contribution in [0.4, 0.5) is 5.69 Å². The van der Waals surface area contributed by atoms with Gasteiger partial charge in [-0.3, -0.25) is 4.98 Å². The number of ether oxygens (including phenoxy) is 1. The number of hydrogen-bond acceptors (Lipinski definition) is 4. The van der Waals surface area contributed by atoms with Crippen molar-refractivity contribution in [1.29, 1.82) is 0 Å². The van der Waals surface area contributed by atoms with Gasteiger partial charge in [0.2, 0.25) is 5.88 Å². The summed E-state index contributed by atoms with van der Waals surface area (Å²) in [7, 11) is 0. The van der Waals surface area contributed by atoms with Crippen LogP contribution < -0.4 is 10.1 Å². The third kappa shape index (κ3) is 3.30. The second-order valence-electron chi connectivity index (χ2n) is 5.79. The molecule has 0 aliphatic heterocycles. The topological polar surface area (TPSA) is 62.8 Å². The zero-order valence-corrected chi connectivity index (χ0v) is 13.9. The Balaban J connectivity index is 1.43. The van der Waals surface area contributed by atoms with Crippen molar-refractivity contribution in [3.63, 3.8) is 0 Å². The third-order valence-electron chi connectivity index (χ3n) is 4.07. The van der Waals surface area contributed by atoms with Gasteiger partial charge in [-0.2, -0.15) is 0 Å². The number of hydrogen-bond donors (Lipinski definition) is 2. The minimum atomic E-state index is 0.550. The molecule has 4 rings (SSSR count).